The van der Waals surface area contributed by atoms with E-state index in [1.165, 1.54) is 68.4 Å². The predicted octanol–water partition coefficient (Wildman–Crippen LogP) is 6.34. The molecule has 0 N–H and O–H groups in total. The lowest BCUT2D eigenvalue weighted by Crippen LogP contribution is -2.35. The minimum atomic E-state index is 0.517. The molecule has 1 saturated heterocycles. The molecule has 1 fully saturated rings. The normalized spacial score (nSPS) is 15.5. The molecule has 0 atom stereocenters. The minimum absolute atomic E-state index is 0.517. The Bertz CT molecular complexity index is 800. The maximum absolute atomic E-state index is 4.22. The van der Waals surface area contributed by atoms with Crippen LogP contribution in [0.5, 0.6) is 0 Å². The van der Waals surface area contributed by atoms with Gasteiger partial charge in [-0.2, -0.15) is 0 Å². The van der Waals surface area contributed by atoms with Crippen molar-refractivity contribution in [2.24, 2.45) is 5.92 Å². The van der Waals surface area contributed by atoms with Crippen molar-refractivity contribution in [2.75, 3.05) is 19.6 Å². The van der Waals surface area contributed by atoms with Gasteiger partial charge in [0.15, 0.2) is 0 Å². The second kappa shape index (κ2) is 11.1. The van der Waals surface area contributed by atoms with E-state index in [2.05, 4.69) is 76.6 Å². The summed E-state index contributed by atoms with van der Waals surface area (Å²) in [4.78, 5) is 6.90. The summed E-state index contributed by atoms with van der Waals surface area (Å²) in [6, 6.07) is 26.4. The third-order valence-corrected chi connectivity index (χ3v) is 6.59. The first-order chi connectivity index (χ1) is 14.9. The van der Waals surface area contributed by atoms with Gasteiger partial charge in [-0.05, 0) is 86.8 Å². The number of nitrogens with zero attached hydrogens (tertiary/aromatic N) is 2. The van der Waals surface area contributed by atoms with Gasteiger partial charge in [0.1, 0.15) is 0 Å². The minimum Gasteiger partial charge on any atom is -0.303 e. The predicted molar refractivity (Wildman–Crippen MR) is 126 cm³/mol. The topological polar surface area (TPSA) is 16.1 Å². The highest BCUT2D eigenvalue weighted by atomic mass is 15.1. The second-order valence-electron chi connectivity index (χ2n) is 8.71. The Kier molecular flexibility index (Phi) is 7.69. The van der Waals surface area contributed by atoms with Crippen molar-refractivity contribution < 1.29 is 0 Å². The summed E-state index contributed by atoms with van der Waals surface area (Å²) in [7, 11) is 0. The molecule has 1 aliphatic heterocycles. The van der Waals surface area contributed by atoms with Crippen molar-refractivity contribution >= 4 is 0 Å². The van der Waals surface area contributed by atoms with E-state index in [1.807, 2.05) is 18.5 Å². The maximum atomic E-state index is 4.22. The van der Waals surface area contributed by atoms with Gasteiger partial charge in [-0.1, -0.05) is 66.7 Å². The van der Waals surface area contributed by atoms with Crippen LogP contribution in [-0.4, -0.2) is 29.5 Å². The first kappa shape index (κ1) is 20.8. The number of likely N-dealkylation sites (tertiary alicyclic amines) is 1. The first-order valence-corrected chi connectivity index (χ1v) is 11.6. The molecule has 0 spiro atoms. The van der Waals surface area contributed by atoms with Gasteiger partial charge in [0.05, 0.1) is 0 Å². The molecule has 1 aromatic heterocycles. The summed E-state index contributed by atoms with van der Waals surface area (Å²) < 4.78 is 0. The van der Waals surface area contributed by atoms with E-state index in [-0.39, 0.29) is 0 Å². The van der Waals surface area contributed by atoms with E-state index in [4.69, 9.17) is 0 Å². The van der Waals surface area contributed by atoms with E-state index >= 15 is 0 Å². The quantitative estimate of drug-likeness (QED) is 0.391. The lowest BCUT2D eigenvalue weighted by molar-refractivity contribution is 0.174. The number of piperidine rings is 1. The monoisotopic (exact) mass is 398 g/mol. The third-order valence-electron chi connectivity index (χ3n) is 6.59. The summed E-state index contributed by atoms with van der Waals surface area (Å²) in [5.74, 6) is 1.34. The summed E-state index contributed by atoms with van der Waals surface area (Å²) in [6.07, 6.45) is 11.5. The average Bonchev–Trinajstić information content (AvgIpc) is 2.83. The van der Waals surface area contributed by atoms with E-state index < -0.39 is 0 Å². The van der Waals surface area contributed by atoms with E-state index in [0.717, 1.165) is 12.3 Å². The summed E-state index contributed by atoms with van der Waals surface area (Å²) in [5.41, 5.74) is 4.28. The van der Waals surface area contributed by atoms with Crippen molar-refractivity contribution in [3.8, 4) is 0 Å². The SMILES string of the molecule is c1ccc(C(CC2CCN(CCCCc3cccnc3)CC2)c2ccccc2)cc1. The van der Waals surface area contributed by atoms with Crippen LogP contribution in [0.2, 0.25) is 0 Å². The summed E-state index contributed by atoms with van der Waals surface area (Å²) in [6.45, 7) is 3.76. The number of hydrogen-bond acceptors (Lipinski definition) is 2. The molecule has 0 amide bonds. The summed E-state index contributed by atoms with van der Waals surface area (Å²) >= 11 is 0. The Morgan fingerprint density at radius 1 is 0.800 bits per heavy atom. The number of aryl methyl sites for hydroxylation is 1. The van der Waals surface area contributed by atoms with Crippen LogP contribution in [0.1, 0.15) is 54.7 Å². The summed E-state index contributed by atoms with van der Waals surface area (Å²) in [5, 5.41) is 0. The van der Waals surface area contributed by atoms with Crippen molar-refractivity contribution in [2.45, 2.75) is 44.4 Å². The number of benzene rings is 2. The smallest absolute Gasteiger partial charge is 0.0299 e. The zero-order chi connectivity index (χ0) is 20.4. The van der Waals surface area contributed by atoms with Crippen molar-refractivity contribution in [3.05, 3.63) is 102 Å². The van der Waals surface area contributed by atoms with E-state index in [0.29, 0.717) is 5.92 Å². The molecular weight excluding hydrogens is 364 g/mol. The van der Waals surface area contributed by atoms with Gasteiger partial charge in [-0.25, -0.2) is 0 Å². The van der Waals surface area contributed by atoms with E-state index in [1.54, 1.807) is 0 Å². The van der Waals surface area contributed by atoms with Crippen molar-refractivity contribution in [1.29, 1.82) is 0 Å². The van der Waals surface area contributed by atoms with Crippen LogP contribution in [-0.2, 0) is 6.42 Å². The Labute approximate surface area is 182 Å². The standard InChI is InChI=1S/C28H34N2/c1-3-12-26(13-4-1)28(27-14-5-2-6-15-27)22-24-16-20-30(21-17-24)19-8-7-10-25-11-9-18-29-23-25/h1-6,9,11-15,18,23-24,28H,7-8,10,16-17,19-22H2. The van der Waals surface area contributed by atoms with Gasteiger partial charge >= 0.3 is 0 Å². The number of hydrogen-bond donors (Lipinski definition) is 0. The number of aromatic nitrogens is 1. The molecule has 0 bridgehead atoms. The molecular formula is C28H34N2. The van der Waals surface area contributed by atoms with Gasteiger partial charge in [0.2, 0.25) is 0 Å². The van der Waals surface area contributed by atoms with Crippen LogP contribution < -0.4 is 0 Å². The highest BCUT2D eigenvalue weighted by Crippen LogP contribution is 2.34. The highest BCUT2D eigenvalue weighted by molar-refractivity contribution is 5.32. The zero-order valence-electron chi connectivity index (χ0n) is 18.0. The van der Waals surface area contributed by atoms with Crippen LogP contribution >= 0.6 is 0 Å². The molecule has 2 heterocycles. The number of pyridine rings is 1. The van der Waals surface area contributed by atoms with Gasteiger partial charge in [-0.15, -0.1) is 0 Å². The van der Waals surface area contributed by atoms with Crippen molar-refractivity contribution in [3.63, 3.8) is 0 Å². The molecule has 0 aliphatic carbocycles. The molecule has 0 saturated carbocycles. The second-order valence-corrected chi connectivity index (χ2v) is 8.71. The zero-order valence-corrected chi connectivity index (χ0v) is 18.0. The molecule has 1 aliphatic rings. The fourth-order valence-corrected chi connectivity index (χ4v) is 4.82. The number of rotatable bonds is 9. The molecule has 3 aromatic rings. The average molecular weight is 399 g/mol. The van der Waals surface area contributed by atoms with Crippen LogP contribution in [0.4, 0.5) is 0 Å². The molecule has 0 radical (unpaired) electrons. The van der Waals surface area contributed by atoms with Crippen LogP contribution in [0.15, 0.2) is 85.2 Å². The van der Waals surface area contributed by atoms with Gasteiger partial charge in [0, 0.05) is 18.3 Å². The Hall–Kier alpha value is -2.45. The van der Waals surface area contributed by atoms with Gasteiger partial charge in [-0.3, -0.25) is 4.98 Å². The molecule has 156 valence electrons. The lowest BCUT2D eigenvalue weighted by Gasteiger charge is -2.34. The maximum Gasteiger partial charge on any atom is 0.0299 e. The molecule has 0 unspecified atom stereocenters. The fraction of sp³-hybridized carbons (Fsp3) is 0.393. The van der Waals surface area contributed by atoms with Crippen molar-refractivity contribution in [1.82, 2.24) is 9.88 Å². The highest BCUT2D eigenvalue weighted by Gasteiger charge is 2.24. The Balaban J connectivity index is 1.25. The number of unbranched alkanes of at least 4 members (excludes halogenated alkanes) is 1. The first-order valence-electron chi connectivity index (χ1n) is 11.6. The Morgan fingerprint density at radius 2 is 1.47 bits per heavy atom. The molecule has 30 heavy (non-hydrogen) atoms. The molecule has 2 nitrogen and oxygen atoms in total. The Morgan fingerprint density at radius 3 is 2.07 bits per heavy atom. The molecule has 2 aromatic carbocycles. The van der Waals surface area contributed by atoms with E-state index in [9.17, 15) is 0 Å². The largest absolute Gasteiger partial charge is 0.303 e. The van der Waals surface area contributed by atoms with Crippen LogP contribution in [0.3, 0.4) is 0 Å². The van der Waals surface area contributed by atoms with Crippen LogP contribution in [0.25, 0.3) is 0 Å². The third kappa shape index (κ3) is 6.03. The van der Waals surface area contributed by atoms with Crippen LogP contribution in [0, 0.1) is 5.92 Å². The van der Waals surface area contributed by atoms with Gasteiger partial charge < -0.3 is 4.90 Å². The fourth-order valence-electron chi connectivity index (χ4n) is 4.82. The lowest BCUT2D eigenvalue weighted by atomic mass is 9.80. The molecule has 2 heteroatoms. The van der Waals surface area contributed by atoms with Gasteiger partial charge in [0.25, 0.3) is 0 Å². The molecule has 4 rings (SSSR count).